The zero-order valence-corrected chi connectivity index (χ0v) is 21.0. The van der Waals surface area contributed by atoms with Crippen LogP contribution < -0.4 is 29.1 Å². The van der Waals surface area contributed by atoms with E-state index in [1.54, 1.807) is 31.2 Å². The van der Waals surface area contributed by atoms with E-state index in [0.717, 1.165) is 0 Å². The van der Waals surface area contributed by atoms with Crippen molar-refractivity contribution < 1.29 is 38.2 Å². The van der Waals surface area contributed by atoms with Gasteiger partial charge in [0.1, 0.15) is 5.75 Å². The van der Waals surface area contributed by atoms with E-state index in [0.29, 0.717) is 28.4 Å². The second-order valence-corrected chi connectivity index (χ2v) is 7.69. The summed E-state index contributed by atoms with van der Waals surface area (Å²) in [5.41, 5.74) is 3.43. The summed E-state index contributed by atoms with van der Waals surface area (Å²) in [6.45, 7) is 1.23. The van der Waals surface area contributed by atoms with E-state index in [9.17, 15) is 19.7 Å². The van der Waals surface area contributed by atoms with Crippen LogP contribution in [0.1, 0.15) is 21.5 Å². The lowest BCUT2D eigenvalue weighted by Gasteiger charge is -2.13. The maximum Gasteiger partial charge on any atom is 0.343 e. The average molecular weight is 523 g/mol. The molecule has 12 nitrogen and oxygen atoms in total. The molecule has 3 rings (SSSR count). The molecule has 0 saturated heterocycles. The molecule has 0 aliphatic rings. The number of carbonyl (C=O) groups is 2. The number of methoxy groups -OCH3 is 3. The van der Waals surface area contributed by atoms with Crippen LogP contribution in [0.15, 0.2) is 59.7 Å². The third-order valence-corrected chi connectivity index (χ3v) is 5.04. The zero-order chi connectivity index (χ0) is 27.7. The lowest BCUT2D eigenvalue weighted by Crippen LogP contribution is -2.24. The van der Waals surface area contributed by atoms with Crippen molar-refractivity contribution in [1.82, 2.24) is 5.43 Å². The van der Waals surface area contributed by atoms with Crippen LogP contribution in [0.5, 0.6) is 28.7 Å². The number of esters is 1. The van der Waals surface area contributed by atoms with Crippen molar-refractivity contribution in [2.45, 2.75) is 6.92 Å². The normalized spacial score (nSPS) is 10.5. The molecule has 0 aliphatic heterocycles. The number of nitro groups is 1. The molecular formula is C26H25N3O9. The fraction of sp³-hybridized carbons (Fsp3) is 0.192. The summed E-state index contributed by atoms with van der Waals surface area (Å²) in [5.74, 6) is -0.132. The highest BCUT2D eigenvalue weighted by Crippen LogP contribution is 2.38. The van der Waals surface area contributed by atoms with Gasteiger partial charge in [0.25, 0.3) is 5.91 Å². The quantitative estimate of drug-likeness (QED) is 0.131. The van der Waals surface area contributed by atoms with Gasteiger partial charge in [-0.05, 0) is 48.4 Å². The Kier molecular flexibility index (Phi) is 9.19. The first-order valence-corrected chi connectivity index (χ1v) is 11.1. The molecule has 0 radical (unpaired) electrons. The van der Waals surface area contributed by atoms with Crippen molar-refractivity contribution in [2.75, 3.05) is 27.9 Å². The number of rotatable bonds is 11. The van der Waals surface area contributed by atoms with Gasteiger partial charge in [0.2, 0.25) is 5.75 Å². The highest BCUT2D eigenvalue weighted by molar-refractivity contribution is 5.93. The van der Waals surface area contributed by atoms with Crippen molar-refractivity contribution in [2.24, 2.45) is 5.10 Å². The van der Waals surface area contributed by atoms with Gasteiger partial charge in [0.15, 0.2) is 23.9 Å². The van der Waals surface area contributed by atoms with Crippen LogP contribution in [0.2, 0.25) is 0 Å². The Balaban J connectivity index is 1.61. The number of nitro benzene ring substituents is 1. The van der Waals surface area contributed by atoms with E-state index >= 15 is 0 Å². The van der Waals surface area contributed by atoms with Crippen molar-refractivity contribution in [3.05, 3.63) is 81.4 Å². The number of hydrogen-bond acceptors (Lipinski definition) is 10. The molecule has 1 N–H and O–H groups in total. The van der Waals surface area contributed by atoms with Crippen LogP contribution in [0.4, 0.5) is 5.69 Å². The second-order valence-electron chi connectivity index (χ2n) is 7.69. The monoisotopic (exact) mass is 523 g/mol. The predicted molar refractivity (Wildman–Crippen MR) is 137 cm³/mol. The molecule has 198 valence electrons. The van der Waals surface area contributed by atoms with Crippen molar-refractivity contribution in [1.29, 1.82) is 0 Å². The predicted octanol–water partition coefficient (Wildman–Crippen LogP) is 3.68. The first-order chi connectivity index (χ1) is 18.2. The summed E-state index contributed by atoms with van der Waals surface area (Å²) in [6, 6.07) is 13.8. The summed E-state index contributed by atoms with van der Waals surface area (Å²) in [5, 5.41) is 15.0. The van der Waals surface area contributed by atoms with Gasteiger partial charge in [0, 0.05) is 6.07 Å². The number of amides is 1. The van der Waals surface area contributed by atoms with Crippen molar-refractivity contribution in [3.8, 4) is 28.7 Å². The number of hydrogen-bond donors (Lipinski definition) is 1. The standard InChI is InChI=1S/C26H25N3O9/c1-16-8-9-21(20(10-16)29(32)33)37-15-24(30)28-27-14-17-6-5-7-19(11-17)38-26(31)18-12-22(34-2)25(36-4)23(13-18)35-3/h5-14H,15H2,1-4H3,(H,28,30)/b27-14-. The lowest BCUT2D eigenvalue weighted by atomic mass is 10.1. The van der Waals surface area contributed by atoms with E-state index in [4.69, 9.17) is 23.7 Å². The SMILES string of the molecule is COc1cc(C(=O)Oc2cccc(/C=N\NC(=O)COc3ccc(C)cc3[N+](=O)[O-])c2)cc(OC)c1OC. The molecule has 0 heterocycles. The summed E-state index contributed by atoms with van der Waals surface area (Å²) in [4.78, 5) is 35.3. The van der Waals surface area contributed by atoms with Crippen LogP contribution in [0.3, 0.4) is 0 Å². The molecule has 0 spiro atoms. The molecule has 0 fully saturated rings. The molecule has 1 amide bonds. The number of benzene rings is 3. The van der Waals surface area contributed by atoms with Crippen LogP contribution in [-0.4, -0.2) is 51.0 Å². The van der Waals surface area contributed by atoms with Crippen molar-refractivity contribution in [3.63, 3.8) is 0 Å². The van der Waals surface area contributed by atoms with E-state index in [2.05, 4.69) is 10.5 Å². The fourth-order valence-corrected chi connectivity index (χ4v) is 3.27. The van der Waals surface area contributed by atoms with Crippen LogP contribution in [-0.2, 0) is 4.79 Å². The Labute approximate surface area is 217 Å². The van der Waals surface area contributed by atoms with Crippen LogP contribution >= 0.6 is 0 Å². The molecule has 3 aromatic carbocycles. The number of aryl methyl sites for hydroxylation is 1. The van der Waals surface area contributed by atoms with Gasteiger partial charge in [-0.2, -0.15) is 5.10 Å². The van der Waals surface area contributed by atoms with E-state index in [-0.39, 0.29) is 22.7 Å². The number of ether oxygens (including phenoxy) is 5. The third kappa shape index (κ3) is 6.97. The number of hydrazone groups is 1. The van der Waals surface area contributed by atoms with Gasteiger partial charge in [-0.25, -0.2) is 10.2 Å². The number of nitrogens with zero attached hydrogens (tertiary/aromatic N) is 2. The summed E-state index contributed by atoms with van der Waals surface area (Å²) >= 11 is 0. The topological polar surface area (TPSA) is 148 Å². The van der Waals surface area contributed by atoms with Crippen LogP contribution in [0.25, 0.3) is 0 Å². The van der Waals surface area contributed by atoms with E-state index in [1.807, 2.05) is 0 Å². The fourth-order valence-electron chi connectivity index (χ4n) is 3.27. The molecule has 0 saturated carbocycles. The van der Waals surface area contributed by atoms with Gasteiger partial charge in [-0.15, -0.1) is 0 Å². The van der Waals surface area contributed by atoms with Gasteiger partial charge in [-0.3, -0.25) is 14.9 Å². The summed E-state index contributed by atoms with van der Waals surface area (Å²) in [6.07, 6.45) is 1.34. The minimum atomic E-state index is -0.658. The Hall–Kier alpha value is -5.13. The molecule has 0 aromatic heterocycles. The highest BCUT2D eigenvalue weighted by Gasteiger charge is 2.19. The largest absolute Gasteiger partial charge is 0.493 e. The Bertz CT molecular complexity index is 1350. The van der Waals surface area contributed by atoms with Gasteiger partial charge in [-0.1, -0.05) is 18.2 Å². The van der Waals surface area contributed by atoms with E-state index < -0.39 is 23.4 Å². The number of carbonyl (C=O) groups excluding carboxylic acids is 2. The summed E-state index contributed by atoms with van der Waals surface area (Å²) < 4.78 is 26.5. The maximum absolute atomic E-state index is 12.7. The van der Waals surface area contributed by atoms with Crippen LogP contribution in [0, 0.1) is 17.0 Å². The molecule has 38 heavy (non-hydrogen) atoms. The highest BCUT2D eigenvalue weighted by atomic mass is 16.6. The smallest absolute Gasteiger partial charge is 0.343 e. The first kappa shape index (κ1) is 27.5. The van der Waals surface area contributed by atoms with Gasteiger partial charge >= 0.3 is 11.7 Å². The van der Waals surface area contributed by atoms with Gasteiger partial charge in [0.05, 0.1) is 38.0 Å². The molecule has 0 unspecified atom stereocenters. The molecule has 0 atom stereocenters. The Morgan fingerprint density at radius 3 is 2.32 bits per heavy atom. The maximum atomic E-state index is 12.7. The van der Waals surface area contributed by atoms with Gasteiger partial charge < -0.3 is 23.7 Å². The van der Waals surface area contributed by atoms with E-state index in [1.165, 1.54) is 57.9 Å². The lowest BCUT2D eigenvalue weighted by molar-refractivity contribution is -0.385. The molecule has 0 bridgehead atoms. The average Bonchev–Trinajstić information content (AvgIpc) is 2.91. The second kappa shape index (κ2) is 12.7. The molecule has 0 aliphatic carbocycles. The Morgan fingerprint density at radius 2 is 1.68 bits per heavy atom. The zero-order valence-electron chi connectivity index (χ0n) is 21.0. The third-order valence-electron chi connectivity index (χ3n) is 5.04. The molecule has 3 aromatic rings. The Morgan fingerprint density at radius 1 is 0.974 bits per heavy atom. The van der Waals surface area contributed by atoms with Crippen molar-refractivity contribution >= 4 is 23.8 Å². The molecule has 12 heteroatoms. The minimum absolute atomic E-state index is 0.0265. The number of nitrogens with one attached hydrogen (secondary N) is 1. The minimum Gasteiger partial charge on any atom is -0.493 e. The summed E-state index contributed by atoms with van der Waals surface area (Å²) in [7, 11) is 4.33. The molecular weight excluding hydrogens is 498 g/mol. The first-order valence-electron chi connectivity index (χ1n) is 11.1.